The molecule has 2 aromatic carbocycles. The van der Waals surface area contributed by atoms with Gasteiger partial charge in [0.1, 0.15) is 0 Å². The second kappa shape index (κ2) is 7.68. The number of anilines is 1. The average molecular weight is 406 g/mol. The van der Waals surface area contributed by atoms with E-state index in [1.165, 1.54) is 12.1 Å². The van der Waals surface area contributed by atoms with Gasteiger partial charge in [-0.15, -0.1) is 0 Å². The van der Waals surface area contributed by atoms with Gasteiger partial charge in [-0.05, 0) is 53.8 Å². The van der Waals surface area contributed by atoms with E-state index in [4.69, 9.17) is 17.3 Å². The van der Waals surface area contributed by atoms with Crippen LogP contribution in [-0.2, 0) is 17.8 Å². The Hall–Kier alpha value is -2.18. The molecule has 1 heterocycles. The number of carbonyl (C=O) groups is 1. The number of carbonyl (C=O) groups excluding carboxylic acids is 1. The summed E-state index contributed by atoms with van der Waals surface area (Å²) < 4.78 is 27.1. The first-order valence-corrected chi connectivity index (χ1v) is 9.83. The molecule has 2 aromatic rings. The van der Waals surface area contributed by atoms with Gasteiger partial charge in [-0.2, -0.15) is 0 Å². The molecule has 0 aromatic heterocycles. The van der Waals surface area contributed by atoms with Gasteiger partial charge in [0.05, 0.1) is 0 Å². The Kier molecular flexibility index (Phi) is 5.25. The van der Waals surface area contributed by atoms with Gasteiger partial charge < -0.3 is 16.0 Å². The quantitative estimate of drug-likeness (QED) is 0.816. The Balaban J connectivity index is 1.46. The van der Waals surface area contributed by atoms with Crippen LogP contribution in [0.3, 0.4) is 0 Å². The maximum atomic E-state index is 13.7. The second-order valence-electron chi connectivity index (χ2n) is 7.52. The maximum Gasteiger partial charge on any atom is 0.224 e. The summed E-state index contributed by atoms with van der Waals surface area (Å²) >= 11 is 6.05. The molecule has 0 spiro atoms. The van der Waals surface area contributed by atoms with E-state index in [1.807, 2.05) is 18.2 Å². The van der Waals surface area contributed by atoms with Gasteiger partial charge in [0.2, 0.25) is 5.91 Å². The highest BCUT2D eigenvalue weighted by Gasteiger charge is 2.31. The Morgan fingerprint density at radius 1 is 1.25 bits per heavy atom. The Morgan fingerprint density at radius 3 is 2.86 bits per heavy atom. The minimum absolute atomic E-state index is 0.0341. The van der Waals surface area contributed by atoms with Gasteiger partial charge in [0, 0.05) is 48.7 Å². The smallest absolute Gasteiger partial charge is 0.224 e. The molecule has 148 valence electrons. The highest BCUT2D eigenvalue weighted by molar-refractivity contribution is 6.30. The van der Waals surface area contributed by atoms with Gasteiger partial charge in [0.15, 0.2) is 11.6 Å². The largest absolute Gasteiger partial charge is 0.383 e. The fraction of sp³-hybridized carbons (Fsp3) is 0.381. The number of amides is 1. The lowest BCUT2D eigenvalue weighted by Gasteiger charge is -2.25. The molecular weight excluding hydrogens is 384 g/mol. The first-order chi connectivity index (χ1) is 13.4. The molecule has 3 N–H and O–H groups in total. The summed E-state index contributed by atoms with van der Waals surface area (Å²) in [5, 5.41) is 3.95. The maximum absolute atomic E-state index is 13.7. The number of halogens is 3. The van der Waals surface area contributed by atoms with E-state index < -0.39 is 17.7 Å². The first-order valence-electron chi connectivity index (χ1n) is 9.46. The van der Waals surface area contributed by atoms with Crippen LogP contribution in [0.1, 0.15) is 35.4 Å². The molecule has 0 saturated carbocycles. The highest BCUT2D eigenvalue weighted by Crippen LogP contribution is 2.37. The lowest BCUT2D eigenvalue weighted by molar-refractivity contribution is -0.132. The zero-order valence-corrected chi connectivity index (χ0v) is 16.1. The summed E-state index contributed by atoms with van der Waals surface area (Å²) in [6, 6.07) is 7.65. The number of hydrogen-bond donors (Lipinski definition) is 2. The molecule has 4 rings (SSSR count). The third-order valence-corrected chi connectivity index (χ3v) is 5.95. The molecule has 4 nitrogen and oxygen atoms in total. The summed E-state index contributed by atoms with van der Waals surface area (Å²) in [6.45, 7) is 1.69. The van der Waals surface area contributed by atoms with Crippen LogP contribution in [0, 0.1) is 11.6 Å². The topological polar surface area (TPSA) is 58.4 Å². The number of rotatable bonds is 3. The third kappa shape index (κ3) is 3.71. The molecule has 2 aliphatic rings. The molecule has 1 aliphatic heterocycles. The van der Waals surface area contributed by atoms with Gasteiger partial charge in [-0.3, -0.25) is 4.79 Å². The molecule has 2 atom stereocenters. The van der Waals surface area contributed by atoms with Crippen molar-refractivity contribution in [2.24, 2.45) is 5.73 Å². The highest BCUT2D eigenvalue weighted by atomic mass is 35.5. The Bertz CT molecular complexity index is 921. The molecule has 0 fully saturated rings. The number of nitrogens with zero attached hydrogens (tertiary/aromatic N) is 1. The standard InChI is InChI=1S/C21H22ClF2N3O/c22-14-3-1-13-11-27(6-5-26-20(13)8-14)21(28)10-19(25)15-4-2-12-7-17(23)18(24)9-16(12)15/h1,3,7-9,15,19,26H,2,4-6,10-11,25H2. The summed E-state index contributed by atoms with van der Waals surface area (Å²) in [6.07, 6.45) is 1.53. The lowest BCUT2D eigenvalue weighted by atomic mass is 9.91. The van der Waals surface area contributed by atoms with Crippen LogP contribution in [0.4, 0.5) is 14.5 Å². The van der Waals surface area contributed by atoms with Crippen LogP contribution in [0.15, 0.2) is 30.3 Å². The minimum Gasteiger partial charge on any atom is -0.383 e. The molecule has 0 radical (unpaired) electrons. The van der Waals surface area contributed by atoms with Crippen molar-refractivity contribution in [2.45, 2.75) is 37.8 Å². The molecular formula is C21H22ClF2N3O. The summed E-state index contributed by atoms with van der Waals surface area (Å²) in [5.41, 5.74) is 9.81. The van der Waals surface area contributed by atoms with E-state index >= 15 is 0 Å². The minimum atomic E-state index is -0.863. The van der Waals surface area contributed by atoms with Crippen LogP contribution in [-0.4, -0.2) is 29.9 Å². The zero-order valence-electron chi connectivity index (χ0n) is 15.4. The fourth-order valence-electron chi connectivity index (χ4n) is 4.22. The number of hydrogen-bond acceptors (Lipinski definition) is 3. The summed E-state index contributed by atoms with van der Waals surface area (Å²) in [4.78, 5) is 14.7. The van der Waals surface area contributed by atoms with Gasteiger partial charge in [-0.1, -0.05) is 17.7 Å². The van der Waals surface area contributed by atoms with Crippen molar-refractivity contribution in [2.75, 3.05) is 18.4 Å². The van der Waals surface area contributed by atoms with E-state index in [1.54, 1.807) is 4.90 Å². The Morgan fingerprint density at radius 2 is 2.04 bits per heavy atom. The zero-order chi connectivity index (χ0) is 19.8. The van der Waals surface area contributed by atoms with Gasteiger partial charge in [0.25, 0.3) is 0 Å². The van der Waals surface area contributed by atoms with Crippen LogP contribution < -0.4 is 11.1 Å². The SMILES string of the molecule is NC(CC(=O)N1CCNc2cc(Cl)ccc2C1)C1CCc2cc(F)c(F)cc21. The molecule has 7 heteroatoms. The number of nitrogens with two attached hydrogens (primary N) is 1. The normalized spacial score (nSPS) is 19.4. The van der Waals surface area contributed by atoms with E-state index in [0.29, 0.717) is 37.5 Å². The predicted octanol–water partition coefficient (Wildman–Crippen LogP) is 3.82. The molecule has 0 bridgehead atoms. The van der Waals surface area contributed by atoms with Crippen molar-refractivity contribution in [3.8, 4) is 0 Å². The van der Waals surface area contributed by atoms with Crippen LogP contribution in [0.2, 0.25) is 5.02 Å². The van der Waals surface area contributed by atoms with Crippen molar-refractivity contribution in [1.82, 2.24) is 4.90 Å². The van der Waals surface area contributed by atoms with Crippen molar-refractivity contribution in [1.29, 1.82) is 0 Å². The molecule has 28 heavy (non-hydrogen) atoms. The molecule has 1 amide bonds. The third-order valence-electron chi connectivity index (χ3n) is 5.72. The lowest BCUT2D eigenvalue weighted by Crippen LogP contribution is -2.38. The van der Waals surface area contributed by atoms with Gasteiger partial charge >= 0.3 is 0 Å². The van der Waals surface area contributed by atoms with E-state index in [0.717, 1.165) is 22.4 Å². The summed E-state index contributed by atoms with van der Waals surface area (Å²) in [5.74, 6) is -1.86. The van der Waals surface area contributed by atoms with Crippen LogP contribution in [0.5, 0.6) is 0 Å². The predicted molar refractivity (Wildman–Crippen MR) is 105 cm³/mol. The second-order valence-corrected chi connectivity index (χ2v) is 7.96. The van der Waals surface area contributed by atoms with Crippen molar-refractivity contribution >= 4 is 23.2 Å². The van der Waals surface area contributed by atoms with E-state index in [2.05, 4.69) is 5.32 Å². The number of aryl methyl sites for hydroxylation is 1. The van der Waals surface area contributed by atoms with Crippen molar-refractivity contribution in [3.05, 3.63) is 63.7 Å². The van der Waals surface area contributed by atoms with Gasteiger partial charge in [-0.25, -0.2) is 8.78 Å². The van der Waals surface area contributed by atoms with Crippen LogP contribution in [0.25, 0.3) is 0 Å². The monoisotopic (exact) mass is 405 g/mol. The van der Waals surface area contributed by atoms with Crippen LogP contribution >= 0.6 is 11.6 Å². The number of fused-ring (bicyclic) bond motifs is 2. The molecule has 2 unspecified atom stereocenters. The van der Waals surface area contributed by atoms with E-state index in [9.17, 15) is 13.6 Å². The van der Waals surface area contributed by atoms with E-state index in [-0.39, 0.29) is 18.2 Å². The number of nitrogens with one attached hydrogen (secondary N) is 1. The van der Waals surface area contributed by atoms with Crippen molar-refractivity contribution in [3.63, 3.8) is 0 Å². The Labute approximate surface area is 167 Å². The first kappa shape index (κ1) is 19.2. The molecule has 0 saturated heterocycles. The number of benzene rings is 2. The van der Waals surface area contributed by atoms with Crippen molar-refractivity contribution < 1.29 is 13.6 Å². The summed E-state index contributed by atoms with van der Waals surface area (Å²) in [7, 11) is 0. The average Bonchev–Trinajstić information content (AvgIpc) is 2.93. The molecule has 1 aliphatic carbocycles. The fourth-order valence-corrected chi connectivity index (χ4v) is 4.40.